The number of ether oxygens (including phenoxy) is 1. The molecule has 0 aliphatic heterocycles. The smallest absolute Gasteiger partial charge is 0.339 e. The van der Waals surface area contributed by atoms with Crippen molar-refractivity contribution in [3.63, 3.8) is 0 Å². The summed E-state index contributed by atoms with van der Waals surface area (Å²) in [5, 5.41) is 14.2. The first-order chi connectivity index (χ1) is 15.6. The van der Waals surface area contributed by atoms with Gasteiger partial charge in [-0.15, -0.1) is 0 Å². The Kier molecular flexibility index (Phi) is 7.22. The fourth-order valence-electron chi connectivity index (χ4n) is 3.39. The Hall–Kier alpha value is -3.60. The monoisotopic (exact) mass is 473 g/mol. The van der Waals surface area contributed by atoms with Crippen LogP contribution in [-0.2, 0) is 23.1 Å². The molecule has 0 spiro atoms. The van der Waals surface area contributed by atoms with Crippen molar-refractivity contribution in [2.45, 2.75) is 38.3 Å². The average molecular weight is 474 g/mol. The van der Waals surface area contributed by atoms with Crippen LogP contribution in [0, 0.1) is 6.92 Å². The van der Waals surface area contributed by atoms with Crippen LogP contribution in [0.25, 0.3) is 0 Å². The van der Waals surface area contributed by atoms with Crippen LogP contribution in [0.4, 0.5) is 11.5 Å². The van der Waals surface area contributed by atoms with E-state index in [2.05, 4.69) is 21.7 Å². The number of nitrogens with one attached hydrogen (secondary N) is 1. The van der Waals surface area contributed by atoms with Crippen molar-refractivity contribution in [1.29, 1.82) is 0 Å². The van der Waals surface area contributed by atoms with Crippen molar-refractivity contribution < 1.29 is 23.1 Å². The van der Waals surface area contributed by atoms with Crippen molar-refractivity contribution in [3.05, 3.63) is 59.5 Å². The van der Waals surface area contributed by atoms with Crippen LogP contribution < -0.4 is 14.4 Å². The van der Waals surface area contributed by atoms with E-state index in [0.717, 1.165) is 24.4 Å². The molecule has 0 saturated heterocycles. The summed E-state index contributed by atoms with van der Waals surface area (Å²) in [7, 11) is -0.720. The second kappa shape index (κ2) is 9.90. The van der Waals surface area contributed by atoms with Gasteiger partial charge in [-0.2, -0.15) is 5.10 Å². The molecule has 0 aliphatic rings. The summed E-state index contributed by atoms with van der Waals surface area (Å²) >= 11 is 0. The number of rotatable bonds is 10. The van der Waals surface area contributed by atoms with Crippen LogP contribution in [0.1, 0.15) is 35.1 Å². The minimum Gasteiger partial charge on any atom is -0.497 e. The lowest BCUT2D eigenvalue weighted by Gasteiger charge is -2.21. The second-order valence-corrected chi connectivity index (χ2v) is 9.22. The maximum absolute atomic E-state index is 12.7. The van der Waals surface area contributed by atoms with Crippen molar-refractivity contribution >= 4 is 27.5 Å². The van der Waals surface area contributed by atoms with Crippen LogP contribution >= 0.6 is 0 Å². The van der Waals surface area contributed by atoms with Gasteiger partial charge in [0.2, 0.25) is 0 Å². The van der Waals surface area contributed by atoms with Crippen LogP contribution in [0.15, 0.2) is 47.5 Å². The van der Waals surface area contributed by atoms with Crippen molar-refractivity contribution in [1.82, 2.24) is 14.8 Å². The first kappa shape index (κ1) is 24.1. The zero-order valence-corrected chi connectivity index (χ0v) is 19.8. The number of anilines is 2. The zero-order valence-electron chi connectivity index (χ0n) is 18.9. The minimum absolute atomic E-state index is 0.0147. The van der Waals surface area contributed by atoms with Crippen LogP contribution in [0.2, 0.25) is 0 Å². The average Bonchev–Trinajstić information content (AvgIpc) is 3.12. The molecule has 0 saturated carbocycles. The summed E-state index contributed by atoms with van der Waals surface area (Å²) in [5.41, 5.74) is 1.73. The standard InChI is InChI=1S/C22H27N5O5S/c1-5-10-27-17(11-15(2)24-27)14-26(3)21-20(22(28)29)12-16(13-23-21)25-33(30,31)19-8-6-18(32-4)7-9-19/h6-9,11-13,25H,5,10,14H2,1-4H3,(H,28,29). The molecule has 10 nitrogen and oxygen atoms in total. The van der Waals surface area contributed by atoms with Gasteiger partial charge in [-0.05, 0) is 49.7 Å². The number of pyridine rings is 1. The molecule has 33 heavy (non-hydrogen) atoms. The number of benzene rings is 1. The highest BCUT2D eigenvalue weighted by Crippen LogP contribution is 2.25. The molecule has 2 N–H and O–H groups in total. The molecule has 3 aromatic rings. The Morgan fingerprint density at radius 2 is 1.94 bits per heavy atom. The number of carboxylic acid groups (broad SMARTS) is 1. The summed E-state index contributed by atoms with van der Waals surface area (Å²) < 4.78 is 34.7. The lowest BCUT2D eigenvalue weighted by molar-refractivity contribution is 0.0697. The molecule has 0 amide bonds. The molecular formula is C22H27N5O5S. The fourth-order valence-corrected chi connectivity index (χ4v) is 4.43. The Morgan fingerprint density at radius 1 is 1.24 bits per heavy atom. The maximum atomic E-state index is 12.7. The topological polar surface area (TPSA) is 127 Å². The van der Waals surface area contributed by atoms with Gasteiger partial charge in [-0.1, -0.05) is 6.92 Å². The quantitative estimate of drug-likeness (QED) is 0.460. The van der Waals surface area contributed by atoms with E-state index >= 15 is 0 Å². The van der Waals surface area contributed by atoms with Crippen molar-refractivity contribution in [3.8, 4) is 5.75 Å². The SMILES string of the molecule is CCCn1nc(C)cc1CN(C)c1ncc(NS(=O)(=O)c2ccc(OC)cc2)cc1C(=O)O. The molecule has 176 valence electrons. The van der Waals surface area contributed by atoms with E-state index in [1.807, 2.05) is 17.7 Å². The normalized spacial score (nSPS) is 11.3. The maximum Gasteiger partial charge on any atom is 0.339 e. The highest BCUT2D eigenvalue weighted by Gasteiger charge is 2.20. The van der Waals surface area contributed by atoms with E-state index in [0.29, 0.717) is 12.3 Å². The number of methoxy groups -OCH3 is 1. The molecule has 3 rings (SSSR count). The number of sulfonamides is 1. The summed E-state index contributed by atoms with van der Waals surface area (Å²) in [4.78, 5) is 17.9. The highest BCUT2D eigenvalue weighted by atomic mass is 32.2. The molecule has 0 fully saturated rings. The molecule has 0 aliphatic carbocycles. The van der Waals surface area contributed by atoms with E-state index in [1.165, 1.54) is 43.6 Å². The number of hydrogen-bond acceptors (Lipinski definition) is 7. The molecule has 0 bridgehead atoms. The zero-order chi connectivity index (χ0) is 24.2. The number of aromatic carboxylic acids is 1. The molecule has 2 heterocycles. The van der Waals surface area contributed by atoms with E-state index in [-0.39, 0.29) is 22.0 Å². The Bertz CT molecular complexity index is 1240. The first-order valence-corrected chi connectivity index (χ1v) is 11.8. The number of carbonyl (C=O) groups is 1. The molecule has 0 radical (unpaired) electrons. The largest absolute Gasteiger partial charge is 0.497 e. The first-order valence-electron chi connectivity index (χ1n) is 10.3. The minimum atomic E-state index is -3.94. The van der Waals surface area contributed by atoms with Gasteiger partial charge in [0, 0.05) is 13.6 Å². The van der Waals surface area contributed by atoms with E-state index in [1.54, 1.807) is 11.9 Å². The molecular weight excluding hydrogens is 446 g/mol. The lowest BCUT2D eigenvalue weighted by Crippen LogP contribution is -2.23. The Labute approximate surface area is 192 Å². The van der Waals surface area contributed by atoms with Crippen LogP contribution in [0.3, 0.4) is 0 Å². The number of carboxylic acids is 1. The molecule has 1 aromatic carbocycles. The molecule has 0 unspecified atom stereocenters. The molecule has 11 heteroatoms. The van der Waals surface area contributed by atoms with Gasteiger partial charge in [0.05, 0.1) is 41.8 Å². The van der Waals surface area contributed by atoms with Gasteiger partial charge in [0.1, 0.15) is 17.1 Å². The van der Waals surface area contributed by atoms with Crippen molar-refractivity contribution in [2.24, 2.45) is 0 Å². The molecule has 2 aromatic heterocycles. The van der Waals surface area contributed by atoms with Gasteiger partial charge >= 0.3 is 5.97 Å². The number of hydrogen-bond donors (Lipinski definition) is 2. The number of aromatic nitrogens is 3. The van der Waals surface area contributed by atoms with E-state index in [4.69, 9.17) is 4.74 Å². The number of aryl methyl sites for hydroxylation is 2. The third-order valence-electron chi connectivity index (χ3n) is 4.90. The van der Waals surface area contributed by atoms with Crippen LogP contribution in [0.5, 0.6) is 5.75 Å². The second-order valence-electron chi connectivity index (χ2n) is 7.54. The predicted molar refractivity (Wildman–Crippen MR) is 124 cm³/mol. The Morgan fingerprint density at radius 3 is 2.55 bits per heavy atom. The van der Waals surface area contributed by atoms with Gasteiger partial charge in [0.25, 0.3) is 10.0 Å². The summed E-state index contributed by atoms with van der Waals surface area (Å²) in [6, 6.07) is 9.06. The third-order valence-corrected chi connectivity index (χ3v) is 6.30. The summed E-state index contributed by atoms with van der Waals surface area (Å²) in [6.07, 6.45) is 2.22. The third kappa shape index (κ3) is 5.61. The van der Waals surface area contributed by atoms with Gasteiger partial charge in [0.15, 0.2) is 0 Å². The summed E-state index contributed by atoms with van der Waals surface area (Å²) in [5.74, 6) is -0.475. The lowest BCUT2D eigenvalue weighted by atomic mass is 10.2. The highest BCUT2D eigenvalue weighted by molar-refractivity contribution is 7.92. The van der Waals surface area contributed by atoms with Gasteiger partial charge in [-0.25, -0.2) is 18.2 Å². The fraction of sp³-hybridized carbons (Fsp3) is 0.318. The van der Waals surface area contributed by atoms with E-state index in [9.17, 15) is 18.3 Å². The van der Waals surface area contributed by atoms with Crippen molar-refractivity contribution in [2.75, 3.05) is 23.8 Å². The van der Waals surface area contributed by atoms with Gasteiger partial charge < -0.3 is 14.7 Å². The number of nitrogens with zero attached hydrogens (tertiary/aromatic N) is 4. The summed E-state index contributed by atoms with van der Waals surface area (Å²) in [6.45, 7) is 5.11. The van der Waals surface area contributed by atoms with Gasteiger partial charge in [-0.3, -0.25) is 9.40 Å². The molecule has 0 atom stereocenters. The predicted octanol–water partition coefficient (Wildman–Crippen LogP) is 3.14. The Balaban J connectivity index is 1.86. The van der Waals surface area contributed by atoms with E-state index < -0.39 is 16.0 Å². The van der Waals surface area contributed by atoms with Crippen LogP contribution in [-0.4, -0.2) is 48.4 Å².